The van der Waals surface area contributed by atoms with Crippen LogP contribution in [-0.2, 0) is 4.79 Å². The predicted octanol–water partition coefficient (Wildman–Crippen LogP) is 5.44. The summed E-state index contributed by atoms with van der Waals surface area (Å²) in [6.45, 7) is 0. The second-order valence-corrected chi connectivity index (χ2v) is 7.44. The van der Waals surface area contributed by atoms with Crippen molar-refractivity contribution in [2.75, 3.05) is 0 Å². The molecule has 24 heavy (non-hydrogen) atoms. The number of Topliss-reactive ketones (excluding diaryl/α,β-unsaturated/α-hetero) is 1. The maximum atomic E-state index is 11.9. The third-order valence-electron chi connectivity index (χ3n) is 3.90. The summed E-state index contributed by atoms with van der Waals surface area (Å²) in [6, 6.07) is 16.3. The molecule has 0 atom stereocenters. The molecule has 4 rings (SSSR count). The molecule has 0 amide bonds. The van der Waals surface area contributed by atoms with Gasteiger partial charge in [0.15, 0.2) is 5.78 Å². The van der Waals surface area contributed by atoms with Crippen molar-refractivity contribution in [2.45, 2.75) is 6.42 Å². The highest BCUT2D eigenvalue weighted by Crippen LogP contribution is 2.40. The van der Waals surface area contributed by atoms with Crippen LogP contribution >= 0.6 is 22.7 Å². The normalized spacial score (nSPS) is 11.2. The maximum absolute atomic E-state index is 11.9. The van der Waals surface area contributed by atoms with Crippen LogP contribution in [-0.4, -0.2) is 16.9 Å². The van der Waals surface area contributed by atoms with Crippen LogP contribution in [0, 0.1) is 0 Å². The van der Waals surface area contributed by atoms with Crippen LogP contribution in [0.25, 0.3) is 31.3 Å². The predicted molar refractivity (Wildman–Crippen MR) is 99.2 cm³/mol. The van der Waals surface area contributed by atoms with Crippen molar-refractivity contribution in [1.29, 1.82) is 0 Å². The van der Waals surface area contributed by atoms with Crippen molar-refractivity contribution in [3.05, 3.63) is 58.8 Å². The van der Waals surface area contributed by atoms with E-state index in [1.54, 1.807) is 17.4 Å². The zero-order valence-corrected chi connectivity index (χ0v) is 14.1. The fourth-order valence-corrected chi connectivity index (χ4v) is 4.91. The molecule has 118 valence electrons. The molecular weight excluding hydrogens is 340 g/mol. The van der Waals surface area contributed by atoms with Gasteiger partial charge in [0.05, 0.1) is 4.88 Å². The van der Waals surface area contributed by atoms with Gasteiger partial charge in [0.2, 0.25) is 0 Å². The summed E-state index contributed by atoms with van der Waals surface area (Å²) in [5.41, 5.74) is 2.05. The van der Waals surface area contributed by atoms with Gasteiger partial charge in [-0.15, -0.1) is 22.7 Å². The van der Waals surface area contributed by atoms with E-state index in [0.717, 1.165) is 11.1 Å². The van der Waals surface area contributed by atoms with Gasteiger partial charge in [-0.2, -0.15) is 0 Å². The van der Waals surface area contributed by atoms with Crippen LogP contribution in [0.4, 0.5) is 0 Å². The molecule has 0 radical (unpaired) electrons. The van der Waals surface area contributed by atoms with Gasteiger partial charge < -0.3 is 5.11 Å². The van der Waals surface area contributed by atoms with Crippen LogP contribution in [0.5, 0.6) is 0 Å². The van der Waals surface area contributed by atoms with Gasteiger partial charge in [-0.05, 0) is 23.1 Å². The summed E-state index contributed by atoms with van der Waals surface area (Å²) in [5, 5.41) is 13.1. The Labute approximate surface area is 145 Å². The van der Waals surface area contributed by atoms with Crippen LogP contribution in [0.1, 0.15) is 16.1 Å². The minimum Gasteiger partial charge on any atom is -0.481 e. The van der Waals surface area contributed by atoms with Crippen LogP contribution < -0.4 is 0 Å². The van der Waals surface area contributed by atoms with Gasteiger partial charge in [-0.3, -0.25) is 9.59 Å². The number of benzene rings is 2. The number of carboxylic acids is 1. The number of hydrogen-bond acceptors (Lipinski definition) is 4. The maximum Gasteiger partial charge on any atom is 0.311 e. The lowest BCUT2D eigenvalue weighted by Crippen LogP contribution is -2.04. The monoisotopic (exact) mass is 352 g/mol. The molecule has 2 aromatic carbocycles. The number of hydrogen-bond donors (Lipinski definition) is 1. The standard InChI is InChI=1S/C19H12O3S2/c20-15(9-18(21)22)17-8-11(10-23-17)12-5-3-6-14-13-4-1-2-7-16(13)24-19(12)14/h1-8,10H,9H2,(H,21,22). The molecule has 0 aliphatic heterocycles. The minimum atomic E-state index is -1.10. The summed E-state index contributed by atoms with van der Waals surface area (Å²) in [7, 11) is 0. The summed E-state index contributed by atoms with van der Waals surface area (Å²) < 4.78 is 2.42. The van der Waals surface area contributed by atoms with Gasteiger partial charge in [0.25, 0.3) is 0 Å². The van der Waals surface area contributed by atoms with E-state index in [2.05, 4.69) is 18.2 Å². The van der Waals surface area contributed by atoms with Gasteiger partial charge >= 0.3 is 5.97 Å². The molecule has 0 aliphatic carbocycles. The second kappa shape index (κ2) is 5.85. The smallest absolute Gasteiger partial charge is 0.311 e. The fourth-order valence-electron chi connectivity index (χ4n) is 2.82. The number of carboxylic acid groups (broad SMARTS) is 1. The highest BCUT2D eigenvalue weighted by atomic mass is 32.1. The van der Waals surface area contributed by atoms with Crippen molar-refractivity contribution in [2.24, 2.45) is 0 Å². The molecule has 5 heteroatoms. The van der Waals surface area contributed by atoms with Crippen molar-refractivity contribution in [3.8, 4) is 11.1 Å². The van der Waals surface area contributed by atoms with E-state index >= 15 is 0 Å². The second-order valence-electron chi connectivity index (χ2n) is 5.47. The molecule has 0 bridgehead atoms. The highest BCUT2D eigenvalue weighted by molar-refractivity contribution is 7.26. The number of thiophene rings is 2. The molecule has 0 fully saturated rings. The van der Waals surface area contributed by atoms with Crippen LogP contribution in [0.3, 0.4) is 0 Å². The SMILES string of the molecule is O=C(O)CC(=O)c1cc(-c2cccc3c2sc2ccccc23)cs1. The molecular formula is C19H12O3S2. The highest BCUT2D eigenvalue weighted by Gasteiger charge is 2.15. The van der Waals surface area contributed by atoms with E-state index in [-0.39, 0.29) is 5.78 Å². The van der Waals surface area contributed by atoms with Crippen molar-refractivity contribution >= 4 is 54.6 Å². The third-order valence-corrected chi connectivity index (χ3v) is 6.09. The molecule has 0 aliphatic rings. The molecule has 2 heterocycles. The average Bonchev–Trinajstić information content (AvgIpc) is 3.19. The lowest BCUT2D eigenvalue weighted by molar-refractivity contribution is -0.135. The Kier molecular flexibility index (Phi) is 3.67. The van der Waals surface area contributed by atoms with E-state index in [4.69, 9.17) is 5.11 Å². The molecule has 1 N–H and O–H groups in total. The Hall–Kier alpha value is -2.50. The molecule has 0 saturated heterocycles. The quantitative estimate of drug-likeness (QED) is 0.393. The first-order chi connectivity index (χ1) is 11.6. The van der Waals surface area contributed by atoms with Crippen molar-refractivity contribution in [3.63, 3.8) is 0 Å². The van der Waals surface area contributed by atoms with E-state index in [1.165, 1.54) is 31.5 Å². The van der Waals surface area contributed by atoms with Crippen LogP contribution in [0.15, 0.2) is 53.9 Å². The van der Waals surface area contributed by atoms with E-state index in [9.17, 15) is 9.59 Å². The zero-order valence-electron chi connectivity index (χ0n) is 12.5. The zero-order chi connectivity index (χ0) is 16.7. The Morgan fingerprint density at radius 1 is 1.00 bits per heavy atom. The molecule has 2 aromatic heterocycles. The number of aliphatic carboxylic acids is 1. The summed E-state index contributed by atoms with van der Waals surface area (Å²) in [4.78, 5) is 23.1. The average molecular weight is 352 g/mol. The van der Waals surface area contributed by atoms with Crippen LogP contribution in [0.2, 0.25) is 0 Å². The first kappa shape index (κ1) is 15.1. The number of ketones is 1. The summed E-state index contributed by atoms with van der Waals surface area (Å²) in [5.74, 6) is -1.44. The first-order valence-electron chi connectivity index (χ1n) is 7.37. The topological polar surface area (TPSA) is 54.4 Å². The Morgan fingerprint density at radius 3 is 2.62 bits per heavy atom. The van der Waals surface area contributed by atoms with E-state index in [0.29, 0.717) is 4.88 Å². The van der Waals surface area contributed by atoms with E-state index < -0.39 is 12.4 Å². The van der Waals surface area contributed by atoms with Gasteiger partial charge in [-0.25, -0.2) is 0 Å². The molecule has 4 aromatic rings. The largest absolute Gasteiger partial charge is 0.481 e. The third kappa shape index (κ3) is 2.52. The lowest BCUT2D eigenvalue weighted by atomic mass is 10.0. The summed E-state index contributed by atoms with van der Waals surface area (Å²) >= 11 is 3.04. The van der Waals surface area contributed by atoms with Crippen molar-refractivity contribution < 1.29 is 14.7 Å². The van der Waals surface area contributed by atoms with E-state index in [1.807, 2.05) is 29.6 Å². The van der Waals surface area contributed by atoms with Crippen molar-refractivity contribution in [1.82, 2.24) is 0 Å². The Balaban J connectivity index is 1.84. The van der Waals surface area contributed by atoms with Gasteiger partial charge in [-0.1, -0.05) is 36.4 Å². The molecule has 3 nitrogen and oxygen atoms in total. The number of carbonyl (C=O) groups excluding carboxylic acids is 1. The van der Waals surface area contributed by atoms with Gasteiger partial charge in [0, 0.05) is 25.7 Å². The number of rotatable bonds is 4. The lowest BCUT2D eigenvalue weighted by Gasteiger charge is -2.00. The first-order valence-corrected chi connectivity index (χ1v) is 9.07. The summed E-state index contributed by atoms with van der Waals surface area (Å²) in [6.07, 6.45) is -0.465. The molecule has 0 saturated carbocycles. The minimum absolute atomic E-state index is 0.345. The number of fused-ring (bicyclic) bond motifs is 3. The molecule has 0 spiro atoms. The Morgan fingerprint density at radius 2 is 1.79 bits per heavy atom. The molecule has 0 unspecified atom stereocenters. The fraction of sp³-hybridized carbons (Fsp3) is 0.0526. The Bertz CT molecular complexity index is 1090. The van der Waals surface area contributed by atoms with Gasteiger partial charge in [0.1, 0.15) is 6.42 Å². The number of carbonyl (C=O) groups is 2.